The van der Waals surface area contributed by atoms with Crippen LogP contribution in [0.4, 0.5) is 0 Å². The van der Waals surface area contributed by atoms with Crippen LogP contribution in [0, 0.1) is 0 Å². The molecule has 0 aliphatic heterocycles. The third-order valence-corrected chi connectivity index (χ3v) is 3.35. The van der Waals surface area contributed by atoms with E-state index in [1.54, 1.807) is 0 Å². The van der Waals surface area contributed by atoms with Gasteiger partial charge in [-0.1, -0.05) is 6.04 Å². The van der Waals surface area contributed by atoms with Gasteiger partial charge in [-0.25, -0.2) is 13.1 Å². The van der Waals surface area contributed by atoms with Gasteiger partial charge in [0.05, 0.1) is 9.82 Å². The molecule has 0 amide bonds. The molecular formula is C14H21N3O2S. The number of nitrogens with one attached hydrogen (secondary N) is 2. The van der Waals surface area contributed by atoms with Crippen molar-refractivity contribution >= 4 is 20.9 Å². The molecule has 6 heteroatoms. The highest BCUT2D eigenvalue weighted by atomic mass is 32.2. The van der Waals surface area contributed by atoms with Crippen LogP contribution in [0.15, 0.2) is 24.3 Å². The topological polar surface area (TPSA) is 65.2 Å². The summed E-state index contributed by atoms with van der Waals surface area (Å²) in [5.41, 5.74) is -4.18. The monoisotopic (exact) mass is 306 g/mol. The van der Waals surface area contributed by atoms with Crippen molar-refractivity contribution in [3.05, 3.63) is 35.5 Å². The van der Waals surface area contributed by atoms with Gasteiger partial charge in [-0.05, 0) is 50.6 Å². The van der Waals surface area contributed by atoms with E-state index in [4.69, 9.17) is 15.1 Å². The Labute approximate surface area is 135 Å². The Morgan fingerprint density at radius 3 is 3.15 bits per heavy atom. The van der Waals surface area contributed by atoms with Crippen molar-refractivity contribution in [3.8, 4) is 0 Å². The second-order valence-electron chi connectivity index (χ2n) is 4.19. The third-order valence-electron chi connectivity index (χ3n) is 2.61. The standard InChI is InChI=1S/C14H21N3O2S/c1-15-20(18,19)10-11-4-5-14-13(8-11)12(9-16-14)6-7-17(2)3/h4-5,8-9,15-16H,6-7,10H2,1-3H3/i1D3,2D3,4D,5D,8D,10D2. The van der Waals surface area contributed by atoms with Crippen LogP contribution in [0.3, 0.4) is 0 Å². The van der Waals surface area contributed by atoms with E-state index in [2.05, 4.69) is 4.98 Å². The molecule has 20 heavy (non-hydrogen) atoms. The first-order valence-corrected chi connectivity index (χ1v) is 7.14. The molecule has 0 saturated heterocycles. The fraction of sp³-hybridized carbons (Fsp3) is 0.429. The van der Waals surface area contributed by atoms with Crippen molar-refractivity contribution in [2.45, 2.75) is 12.1 Å². The minimum absolute atomic E-state index is 0.0118. The molecule has 2 N–H and O–H groups in total. The van der Waals surface area contributed by atoms with Gasteiger partial charge in [-0.3, -0.25) is 0 Å². The van der Waals surface area contributed by atoms with E-state index in [-0.39, 0.29) is 23.9 Å². The molecule has 0 fully saturated rings. The lowest BCUT2D eigenvalue weighted by atomic mass is 10.1. The summed E-state index contributed by atoms with van der Waals surface area (Å²) >= 11 is 0. The van der Waals surface area contributed by atoms with E-state index in [1.807, 2.05) is 0 Å². The van der Waals surface area contributed by atoms with Crippen LogP contribution in [-0.2, 0) is 22.1 Å². The normalized spacial score (nSPS) is 22.4. The molecule has 2 rings (SSSR count). The number of rotatable bonds is 6. The highest BCUT2D eigenvalue weighted by molar-refractivity contribution is 7.88. The molecule has 110 valence electrons. The summed E-state index contributed by atoms with van der Waals surface area (Å²) in [7, 11) is -3.88. The number of benzene rings is 1. The molecule has 0 unspecified atom stereocenters. The summed E-state index contributed by atoms with van der Waals surface area (Å²) in [6.45, 7) is -5.61. The zero-order valence-electron chi connectivity index (χ0n) is 21.7. The van der Waals surface area contributed by atoms with Crippen molar-refractivity contribution in [1.82, 2.24) is 14.6 Å². The number of hydrogen-bond acceptors (Lipinski definition) is 3. The minimum atomic E-state index is -5.24. The number of hydrogen-bond donors (Lipinski definition) is 2. The number of likely N-dealkylation sites (N-methyl/N-ethyl adjacent to an activating group) is 1. The van der Waals surface area contributed by atoms with E-state index in [9.17, 15) is 8.42 Å². The lowest BCUT2D eigenvalue weighted by molar-refractivity contribution is 0.414. The van der Waals surface area contributed by atoms with Gasteiger partial charge >= 0.3 is 0 Å². The van der Waals surface area contributed by atoms with Gasteiger partial charge in [0, 0.05) is 34.6 Å². The molecule has 0 aliphatic rings. The molecule has 5 nitrogen and oxygen atoms in total. The predicted octanol–water partition coefficient (Wildman–Crippen LogP) is 1.32. The summed E-state index contributed by atoms with van der Waals surface area (Å²) in [4.78, 5) is 3.76. The van der Waals surface area contributed by atoms with Crippen molar-refractivity contribution in [1.29, 1.82) is 0 Å². The van der Waals surface area contributed by atoms with E-state index >= 15 is 0 Å². The second-order valence-corrected chi connectivity index (χ2v) is 5.61. The molecule has 0 bridgehead atoms. The maximum atomic E-state index is 12.4. The summed E-state index contributed by atoms with van der Waals surface area (Å²) in [5, 5.41) is -0.0390. The molecule has 0 atom stereocenters. The number of aromatic nitrogens is 1. The average molecular weight is 306 g/mol. The zero-order valence-corrected chi connectivity index (χ0v) is 11.5. The third kappa shape index (κ3) is 3.59. The smallest absolute Gasteiger partial charge is 0.215 e. The molecule has 0 saturated carbocycles. The fourth-order valence-electron chi connectivity index (χ4n) is 1.68. The van der Waals surface area contributed by atoms with Crippen LogP contribution < -0.4 is 4.72 Å². The first-order valence-electron chi connectivity index (χ1n) is 11.2. The van der Waals surface area contributed by atoms with E-state index in [0.717, 1.165) is 4.90 Å². The molecule has 0 radical (unpaired) electrons. The van der Waals surface area contributed by atoms with Crippen LogP contribution in [0.1, 0.15) is 26.2 Å². The van der Waals surface area contributed by atoms with Crippen LogP contribution in [-0.4, -0.2) is 45.8 Å². The van der Waals surface area contributed by atoms with E-state index in [0.29, 0.717) is 5.56 Å². The van der Waals surface area contributed by atoms with Crippen molar-refractivity contribution < 1.29 is 23.5 Å². The lowest BCUT2D eigenvalue weighted by Crippen LogP contribution is -2.20. The van der Waals surface area contributed by atoms with Gasteiger partial charge in [0.25, 0.3) is 0 Å². The minimum Gasteiger partial charge on any atom is -0.361 e. The molecule has 1 aromatic carbocycles. The second kappa shape index (κ2) is 5.95. The SMILES string of the molecule is [2H]c1c(C([2H])([2H])S(=O)(=O)NC([2H])([2H])[2H])c([2H])c2c(CCN(C)C([2H])([2H])[2H])c[nH]c2c1[2H]. The molecule has 0 spiro atoms. The Hall–Kier alpha value is -1.37. The van der Waals surface area contributed by atoms with Gasteiger partial charge in [0.15, 0.2) is 0 Å². The Morgan fingerprint density at radius 1 is 1.55 bits per heavy atom. The Morgan fingerprint density at radius 2 is 2.40 bits per heavy atom. The summed E-state index contributed by atoms with van der Waals surface area (Å²) in [5.74, 6) is 0. The van der Waals surface area contributed by atoms with E-state index in [1.165, 1.54) is 18.0 Å². The van der Waals surface area contributed by atoms with Crippen LogP contribution in [0.2, 0.25) is 0 Å². The summed E-state index contributed by atoms with van der Waals surface area (Å²) in [6, 6.07) is -2.17. The number of aromatic amines is 1. The van der Waals surface area contributed by atoms with Crippen molar-refractivity contribution in [2.75, 3.05) is 27.5 Å². The maximum absolute atomic E-state index is 12.4. The number of sulfonamides is 1. The predicted molar refractivity (Wildman–Crippen MR) is 82.2 cm³/mol. The molecular weight excluding hydrogens is 274 g/mol. The number of nitrogens with zero attached hydrogens (tertiary/aromatic N) is 1. The molecule has 1 aromatic heterocycles. The lowest BCUT2D eigenvalue weighted by Gasteiger charge is -2.08. The zero-order chi connectivity index (χ0) is 24.2. The average Bonchev–Trinajstić information content (AvgIpc) is 2.98. The Kier molecular flexibility index (Phi) is 1.84. The molecule has 1 heterocycles. The van der Waals surface area contributed by atoms with Gasteiger partial charge in [-0.2, -0.15) is 0 Å². The molecule has 2 aromatic rings. The van der Waals surface area contributed by atoms with Gasteiger partial charge in [0.1, 0.15) is 0 Å². The quantitative estimate of drug-likeness (QED) is 0.846. The Bertz CT molecular complexity index is 1090. The van der Waals surface area contributed by atoms with Gasteiger partial charge in [0.2, 0.25) is 10.0 Å². The summed E-state index contributed by atoms with van der Waals surface area (Å²) < 4.78 is 110. The number of H-pyrrole nitrogens is 1. The first kappa shape index (κ1) is 6.17. The fourth-order valence-corrected chi connectivity index (χ4v) is 2.10. The van der Waals surface area contributed by atoms with Crippen molar-refractivity contribution in [2.24, 2.45) is 0 Å². The maximum Gasteiger partial charge on any atom is 0.215 e. The van der Waals surface area contributed by atoms with Crippen LogP contribution in [0.25, 0.3) is 10.9 Å². The number of fused-ring (bicyclic) bond motifs is 1. The highest BCUT2D eigenvalue weighted by Crippen LogP contribution is 2.21. The van der Waals surface area contributed by atoms with Gasteiger partial charge in [-0.15, -0.1) is 0 Å². The Balaban J connectivity index is 2.66. The summed E-state index contributed by atoms with van der Waals surface area (Å²) in [6.07, 6.45) is 1.45. The van der Waals surface area contributed by atoms with Gasteiger partial charge < -0.3 is 9.88 Å². The van der Waals surface area contributed by atoms with Crippen molar-refractivity contribution in [3.63, 3.8) is 0 Å². The van der Waals surface area contributed by atoms with Crippen LogP contribution >= 0.6 is 0 Å². The first-order chi connectivity index (χ1) is 13.8. The molecule has 0 aliphatic carbocycles. The van der Waals surface area contributed by atoms with Crippen LogP contribution in [0.5, 0.6) is 0 Å². The largest absolute Gasteiger partial charge is 0.361 e. The van der Waals surface area contributed by atoms with E-state index < -0.39 is 53.4 Å². The highest BCUT2D eigenvalue weighted by Gasteiger charge is 2.11.